The minimum atomic E-state index is 0.0160. The fraction of sp³-hybridized carbons (Fsp3) is 0.571. The third-order valence-electron chi connectivity index (χ3n) is 4.04. The third kappa shape index (κ3) is 2.25. The zero-order chi connectivity index (χ0) is 14.2. The van der Waals surface area contributed by atoms with Crippen molar-refractivity contribution >= 4 is 11.5 Å². The van der Waals surface area contributed by atoms with Crippen molar-refractivity contribution in [3.05, 3.63) is 24.8 Å². The van der Waals surface area contributed by atoms with E-state index in [0.29, 0.717) is 0 Å². The molecule has 0 radical (unpaired) electrons. The molecule has 0 amide bonds. The van der Waals surface area contributed by atoms with Crippen LogP contribution >= 0.6 is 0 Å². The molecule has 1 saturated heterocycles. The lowest BCUT2D eigenvalue weighted by molar-refractivity contribution is 0.0811. The molecule has 0 aromatic carbocycles. The second-order valence-electron chi connectivity index (χ2n) is 5.85. The Hall–Kier alpha value is -1.66. The van der Waals surface area contributed by atoms with E-state index in [1.165, 1.54) is 0 Å². The molecular formula is C14H21N5O. The number of anilines is 1. The van der Waals surface area contributed by atoms with Crippen LogP contribution in [0.2, 0.25) is 0 Å². The molecule has 0 aliphatic carbocycles. The number of nitrogens with zero attached hydrogens (tertiary/aromatic N) is 5. The minimum absolute atomic E-state index is 0.0160. The van der Waals surface area contributed by atoms with Gasteiger partial charge < -0.3 is 14.4 Å². The van der Waals surface area contributed by atoms with Gasteiger partial charge in [0.05, 0.1) is 6.61 Å². The van der Waals surface area contributed by atoms with E-state index in [1.54, 1.807) is 6.20 Å². The smallest absolute Gasteiger partial charge is 0.180 e. The summed E-state index contributed by atoms with van der Waals surface area (Å²) in [6, 6.07) is 0. The van der Waals surface area contributed by atoms with Crippen LogP contribution in [0, 0.1) is 0 Å². The Morgan fingerprint density at radius 1 is 1.20 bits per heavy atom. The number of fused-ring (bicyclic) bond motifs is 1. The normalized spacial score (nSPS) is 19.6. The highest BCUT2D eigenvalue weighted by atomic mass is 16.3. The van der Waals surface area contributed by atoms with Gasteiger partial charge in [0, 0.05) is 56.5 Å². The summed E-state index contributed by atoms with van der Waals surface area (Å²) in [5.74, 6) is 0.939. The van der Waals surface area contributed by atoms with E-state index in [-0.39, 0.29) is 12.1 Å². The number of aliphatic hydroxyl groups excluding tert-OH is 1. The van der Waals surface area contributed by atoms with Gasteiger partial charge in [-0.1, -0.05) is 0 Å². The minimum Gasteiger partial charge on any atom is -0.395 e. The number of hydrogen-bond donors (Lipinski definition) is 1. The quantitative estimate of drug-likeness (QED) is 0.890. The van der Waals surface area contributed by atoms with Gasteiger partial charge in [-0.3, -0.25) is 4.90 Å². The van der Waals surface area contributed by atoms with Crippen molar-refractivity contribution in [2.24, 2.45) is 0 Å². The number of β-amino-alcohol motifs (C(OH)–C–C–N with tert-alkyl or cyclic N) is 1. The van der Waals surface area contributed by atoms with Crippen LogP contribution in [0.25, 0.3) is 5.65 Å². The Morgan fingerprint density at radius 3 is 2.65 bits per heavy atom. The first-order chi connectivity index (χ1) is 9.62. The molecule has 0 saturated carbocycles. The van der Waals surface area contributed by atoms with Gasteiger partial charge in [-0.05, 0) is 13.8 Å². The lowest BCUT2D eigenvalue weighted by Gasteiger charge is -2.47. The average molecular weight is 275 g/mol. The highest BCUT2D eigenvalue weighted by molar-refractivity contribution is 5.64. The molecule has 6 heteroatoms. The number of hydrogen-bond acceptors (Lipinski definition) is 5. The molecule has 20 heavy (non-hydrogen) atoms. The molecule has 2 aromatic heterocycles. The molecule has 0 spiro atoms. The largest absolute Gasteiger partial charge is 0.395 e. The van der Waals surface area contributed by atoms with Crippen LogP contribution in [0.1, 0.15) is 13.8 Å². The summed E-state index contributed by atoms with van der Waals surface area (Å²) in [6.45, 7) is 8.06. The Bertz CT molecular complexity index is 594. The van der Waals surface area contributed by atoms with E-state index in [1.807, 2.05) is 23.0 Å². The van der Waals surface area contributed by atoms with Gasteiger partial charge in [0.25, 0.3) is 0 Å². The molecule has 6 nitrogen and oxygen atoms in total. The summed E-state index contributed by atoms with van der Waals surface area (Å²) in [5, 5.41) is 9.17. The van der Waals surface area contributed by atoms with E-state index in [0.717, 1.165) is 37.6 Å². The molecular weight excluding hydrogens is 254 g/mol. The maximum absolute atomic E-state index is 9.17. The topological polar surface area (TPSA) is 56.9 Å². The van der Waals surface area contributed by atoms with Crippen molar-refractivity contribution in [3.8, 4) is 0 Å². The zero-order valence-corrected chi connectivity index (χ0v) is 12.0. The fourth-order valence-electron chi connectivity index (χ4n) is 2.97. The standard InChI is InChI=1S/C14H21N5O/c1-14(2)11-18(7-8-19(14)9-10-20)13-12-15-3-5-17(12)6-4-16-13/h3-6,20H,7-11H2,1-2H3. The first-order valence-electron chi connectivity index (χ1n) is 7.00. The number of piperazine rings is 1. The zero-order valence-electron chi connectivity index (χ0n) is 12.0. The maximum atomic E-state index is 9.17. The van der Waals surface area contributed by atoms with E-state index >= 15 is 0 Å². The maximum Gasteiger partial charge on any atom is 0.180 e. The number of imidazole rings is 1. The van der Waals surface area contributed by atoms with Crippen molar-refractivity contribution in [2.75, 3.05) is 37.7 Å². The molecule has 2 aromatic rings. The van der Waals surface area contributed by atoms with Gasteiger partial charge in [0.2, 0.25) is 0 Å². The van der Waals surface area contributed by atoms with Crippen LogP contribution in [0.4, 0.5) is 5.82 Å². The van der Waals surface area contributed by atoms with Crippen molar-refractivity contribution < 1.29 is 5.11 Å². The summed E-state index contributed by atoms with van der Waals surface area (Å²) in [4.78, 5) is 13.5. The number of aliphatic hydroxyl groups is 1. The van der Waals surface area contributed by atoms with E-state index in [4.69, 9.17) is 5.11 Å². The van der Waals surface area contributed by atoms with E-state index < -0.39 is 0 Å². The summed E-state index contributed by atoms with van der Waals surface area (Å²) < 4.78 is 2.00. The molecule has 1 aliphatic rings. The van der Waals surface area contributed by atoms with Gasteiger partial charge in [-0.15, -0.1) is 0 Å². The lowest BCUT2D eigenvalue weighted by atomic mass is 9.99. The van der Waals surface area contributed by atoms with Crippen molar-refractivity contribution in [2.45, 2.75) is 19.4 Å². The van der Waals surface area contributed by atoms with Crippen molar-refractivity contribution in [3.63, 3.8) is 0 Å². The second-order valence-corrected chi connectivity index (χ2v) is 5.85. The average Bonchev–Trinajstić information content (AvgIpc) is 2.89. The van der Waals surface area contributed by atoms with Crippen LogP contribution in [-0.2, 0) is 0 Å². The molecule has 0 bridgehead atoms. The predicted molar refractivity (Wildman–Crippen MR) is 77.9 cm³/mol. The first-order valence-corrected chi connectivity index (χ1v) is 7.00. The molecule has 108 valence electrons. The molecule has 0 unspecified atom stereocenters. The van der Waals surface area contributed by atoms with Gasteiger partial charge in [0.15, 0.2) is 11.5 Å². The predicted octanol–water partition coefficient (Wildman–Crippen LogP) is 0.622. The van der Waals surface area contributed by atoms with Gasteiger partial charge >= 0.3 is 0 Å². The molecule has 1 fully saturated rings. The van der Waals surface area contributed by atoms with Crippen LogP contribution < -0.4 is 4.90 Å². The molecule has 3 rings (SSSR count). The molecule has 3 heterocycles. The Labute approximate surface area is 118 Å². The summed E-state index contributed by atoms with van der Waals surface area (Å²) in [7, 11) is 0. The van der Waals surface area contributed by atoms with Crippen molar-refractivity contribution in [1.82, 2.24) is 19.3 Å². The monoisotopic (exact) mass is 275 g/mol. The number of aromatic nitrogens is 3. The summed E-state index contributed by atoms with van der Waals surface area (Å²) in [5.41, 5.74) is 0.918. The Morgan fingerprint density at radius 2 is 1.95 bits per heavy atom. The van der Waals surface area contributed by atoms with Gasteiger partial charge in [-0.2, -0.15) is 0 Å². The third-order valence-corrected chi connectivity index (χ3v) is 4.04. The highest BCUT2D eigenvalue weighted by Crippen LogP contribution is 2.26. The Kier molecular flexibility index (Phi) is 3.35. The SMILES string of the molecule is CC1(C)CN(c2nccn3ccnc23)CCN1CCO. The summed E-state index contributed by atoms with van der Waals surface area (Å²) >= 11 is 0. The van der Waals surface area contributed by atoms with E-state index in [2.05, 4.69) is 33.6 Å². The van der Waals surface area contributed by atoms with Crippen LogP contribution in [0.5, 0.6) is 0 Å². The fourth-order valence-corrected chi connectivity index (χ4v) is 2.97. The Balaban J connectivity index is 1.87. The molecule has 1 aliphatic heterocycles. The molecule has 0 atom stereocenters. The van der Waals surface area contributed by atoms with Crippen LogP contribution in [0.3, 0.4) is 0 Å². The number of rotatable bonds is 3. The lowest BCUT2D eigenvalue weighted by Crippen LogP contribution is -2.60. The second kappa shape index (κ2) is 5.03. The van der Waals surface area contributed by atoms with Gasteiger partial charge in [-0.25, -0.2) is 9.97 Å². The highest BCUT2D eigenvalue weighted by Gasteiger charge is 2.34. The first kappa shape index (κ1) is 13.3. The van der Waals surface area contributed by atoms with Crippen LogP contribution in [-0.4, -0.2) is 62.7 Å². The van der Waals surface area contributed by atoms with E-state index in [9.17, 15) is 0 Å². The summed E-state index contributed by atoms with van der Waals surface area (Å²) in [6.07, 6.45) is 7.47. The molecule has 1 N–H and O–H groups in total. The van der Waals surface area contributed by atoms with Crippen LogP contribution in [0.15, 0.2) is 24.8 Å². The van der Waals surface area contributed by atoms with Crippen molar-refractivity contribution in [1.29, 1.82) is 0 Å². The van der Waals surface area contributed by atoms with Gasteiger partial charge in [0.1, 0.15) is 0 Å².